The maximum Gasteiger partial charge on any atom is 0.407 e. The predicted molar refractivity (Wildman–Crippen MR) is 176 cm³/mol. The van der Waals surface area contributed by atoms with Gasteiger partial charge in [-0.05, 0) is 54.7 Å². The average molecular weight is 656 g/mol. The van der Waals surface area contributed by atoms with Crippen LogP contribution in [0.3, 0.4) is 0 Å². The molecule has 0 aliphatic carbocycles. The number of carbonyl (C=O) groups is 1. The molecule has 1 aliphatic rings. The summed E-state index contributed by atoms with van der Waals surface area (Å²) in [4.78, 5) is 13.1. The van der Waals surface area contributed by atoms with E-state index >= 15 is 0 Å². The number of piperidine rings is 1. The van der Waals surface area contributed by atoms with Gasteiger partial charge in [-0.1, -0.05) is 48.5 Å². The zero-order chi connectivity index (χ0) is 32.8. The molecule has 1 amide bonds. The third-order valence-corrected chi connectivity index (χ3v) is 8.93. The third-order valence-electron chi connectivity index (χ3n) is 7.90. The molecule has 0 aromatic heterocycles. The fourth-order valence-corrected chi connectivity index (χ4v) is 6.20. The Balaban J connectivity index is 1.24. The SMILES string of the molecule is COc1ccccc1COCCCOc1ccc(C2CCN(C(=O)O)CC2OCCOc2ccccc2CCCS(C)(=O)=O)cc1. The Morgan fingerprint density at radius 1 is 0.870 bits per heavy atom. The summed E-state index contributed by atoms with van der Waals surface area (Å²) in [6.45, 7) is 2.85. The quantitative estimate of drug-likeness (QED) is 0.175. The van der Waals surface area contributed by atoms with Crippen molar-refractivity contribution in [1.82, 2.24) is 4.90 Å². The standard InChI is InChI=1S/C35H45NO9S/c1-41-32-12-5-4-10-29(32)26-42-20-8-21-43-30-16-14-27(15-17-30)31-18-19-36(35(37)38)25-34(31)45-23-22-44-33-13-6-3-9-28(33)11-7-24-46(2,39)40/h3-6,9-10,12-17,31,34H,7-8,11,18-26H2,1-2H3,(H,37,38). The fourth-order valence-electron chi connectivity index (χ4n) is 5.53. The van der Waals surface area contributed by atoms with Crippen molar-refractivity contribution in [2.45, 2.75) is 44.3 Å². The first-order valence-electron chi connectivity index (χ1n) is 15.6. The smallest absolute Gasteiger partial charge is 0.407 e. The lowest BCUT2D eigenvalue weighted by Crippen LogP contribution is -2.46. The van der Waals surface area contributed by atoms with Gasteiger partial charge >= 0.3 is 6.09 Å². The zero-order valence-corrected chi connectivity index (χ0v) is 27.5. The van der Waals surface area contributed by atoms with E-state index in [1.54, 1.807) is 7.11 Å². The average Bonchev–Trinajstić information content (AvgIpc) is 3.05. The van der Waals surface area contributed by atoms with Gasteiger partial charge < -0.3 is 33.7 Å². The van der Waals surface area contributed by atoms with Crippen LogP contribution in [0, 0.1) is 0 Å². The number of hydrogen-bond acceptors (Lipinski definition) is 8. The number of sulfone groups is 1. The van der Waals surface area contributed by atoms with Crippen LogP contribution in [-0.2, 0) is 32.3 Å². The number of carboxylic acid groups (broad SMARTS) is 1. The largest absolute Gasteiger partial charge is 0.496 e. The maximum absolute atomic E-state index is 11.7. The molecular weight excluding hydrogens is 610 g/mol. The summed E-state index contributed by atoms with van der Waals surface area (Å²) in [5.41, 5.74) is 3.02. The van der Waals surface area contributed by atoms with Crippen LogP contribution in [0.25, 0.3) is 0 Å². The molecule has 0 saturated carbocycles. The van der Waals surface area contributed by atoms with Crippen molar-refractivity contribution in [2.24, 2.45) is 0 Å². The van der Waals surface area contributed by atoms with E-state index in [1.807, 2.05) is 72.8 Å². The summed E-state index contributed by atoms with van der Waals surface area (Å²) in [5.74, 6) is 2.43. The van der Waals surface area contributed by atoms with Gasteiger partial charge in [0.2, 0.25) is 0 Å². The van der Waals surface area contributed by atoms with Crippen molar-refractivity contribution >= 4 is 15.9 Å². The number of likely N-dealkylation sites (tertiary alicyclic amines) is 1. The number of aryl methyl sites for hydroxylation is 1. The summed E-state index contributed by atoms with van der Waals surface area (Å²) in [6.07, 6.45) is 2.46. The van der Waals surface area contributed by atoms with Gasteiger partial charge in [0.05, 0.1) is 51.9 Å². The lowest BCUT2D eigenvalue weighted by atomic mass is 9.87. The van der Waals surface area contributed by atoms with Crippen molar-refractivity contribution < 1.29 is 42.0 Å². The number of nitrogens with zero attached hydrogens (tertiary/aromatic N) is 1. The van der Waals surface area contributed by atoms with Crippen molar-refractivity contribution in [3.8, 4) is 17.2 Å². The summed E-state index contributed by atoms with van der Waals surface area (Å²) < 4.78 is 52.3. The van der Waals surface area contributed by atoms with Gasteiger partial charge in [0.15, 0.2) is 0 Å². The molecule has 2 atom stereocenters. The molecule has 1 heterocycles. The Bertz CT molecular complexity index is 1480. The van der Waals surface area contributed by atoms with Crippen LogP contribution in [-0.4, -0.2) is 89.3 Å². The minimum absolute atomic E-state index is 0.0244. The van der Waals surface area contributed by atoms with Crippen molar-refractivity contribution in [1.29, 1.82) is 0 Å². The summed E-state index contributed by atoms with van der Waals surface area (Å²) in [6, 6.07) is 23.3. The minimum Gasteiger partial charge on any atom is -0.496 e. The molecule has 1 fully saturated rings. The van der Waals surface area contributed by atoms with Crippen molar-refractivity contribution in [3.63, 3.8) is 0 Å². The normalized spacial score (nSPS) is 16.6. The topological polar surface area (TPSA) is 121 Å². The number of hydrogen-bond donors (Lipinski definition) is 1. The van der Waals surface area contributed by atoms with Crippen molar-refractivity contribution in [3.05, 3.63) is 89.5 Å². The molecule has 46 heavy (non-hydrogen) atoms. The van der Waals surface area contributed by atoms with Gasteiger partial charge in [0, 0.05) is 30.7 Å². The molecular formula is C35H45NO9S. The third kappa shape index (κ3) is 11.2. The zero-order valence-electron chi connectivity index (χ0n) is 26.6. The second-order valence-electron chi connectivity index (χ2n) is 11.4. The van der Waals surface area contributed by atoms with Crippen LogP contribution >= 0.6 is 0 Å². The Morgan fingerprint density at radius 2 is 1.59 bits per heavy atom. The summed E-state index contributed by atoms with van der Waals surface area (Å²) >= 11 is 0. The molecule has 0 bridgehead atoms. The number of amides is 1. The number of ether oxygens (including phenoxy) is 5. The van der Waals surface area contributed by atoms with Crippen LogP contribution in [0.5, 0.6) is 17.2 Å². The molecule has 11 heteroatoms. The lowest BCUT2D eigenvalue weighted by Gasteiger charge is -2.37. The minimum atomic E-state index is -3.02. The van der Waals surface area contributed by atoms with E-state index in [0.29, 0.717) is 51.4 Å². The van der Waals surface area contributed by atoms with E-state index in [9.17, 15) is 18.3 Å². The first-order chi connectivity index (χ1) is 22.2. The number of methoxy groups -OCH3 is 1. The molecule has 1 N–H and O–H groups in total. The molecule has 4 rings (SSSR count). The van der Waals surface area contributed by atoms with E-state index in [4.69, 9.17) is 23.7 Å². The van der Waals surface area contributed by atoms with E-state index in [0.717, 1.165) is 34.6 Å². The van der Waals surface area contributed by atoms with Gasteiger partial charge in [-0.25, -0.2) is 13.2 Å². The van der Waals surface area contributed by atoms with Gasteiger partial charge in [0.25, 0.3) is 0 Å². The number of rotatable bonds is 18. The van der Waals surface area contributed by atoms with E-state index in [1.165, 1.54) is 11.2 Å². The summed E-state index contributed by atoms with van der Waals surface area (Å²) in [5, 5.41) is 9.62. The molecule has 3 aromatic carbocycles. The van der Waals surface area contributed by atoms with Crippen LogP contribution < -0.4 is 14.2 Å². The van der Waals surface area contributed by atoms with E-state index in [2.05, 4.69) is 0 Å². The second kappa shape index (κ2) is 17.8. The molecule has 0 radical (unpaired) electrons. The Labute approximate surface area is 272 Å². The van der Waals surface area contributed by atoms with Crippen LogP contribution in [0.15, 0.2) is 72.8 Å². The first kappa shape index (κ1) is 35.1. The van der Waals surface area contributed by atoms with Gasteiger partial charge in [-0.2, -0.15) is 0 Å². The van der Waals surface area contributed by atoms with E-state index in [-0.39, 0.29) is 37.5 Å². The highest BCUT2D eigenvalue weighted by atomic mass is 32.2. The Hall–Kier alpha value is -3.80. The first-order valence-corrected chi connectivity index (χ1v) is 17.7. The fraction of sp³-hybridized carbons (Fsp3) is 0.457. The predicted octanol–water partition coefficient (Wildman–Crippen LogP) is 5.59. The summed E-state index contributed by atoms with van der Waals surface area (Å²) in [7, 11) is -1.37. The Morgan fingerprint density at radius 3 is 2.30 bits per heavy atom. The molecule has 0 spiro atoms. The lowest BCUT2D eigenvalue weighted by molar-refractivity contribution is -0.0207. The van der Waals surface area contributed by atoms with Crippen LogP contribution in [0.1, 0.15) is 41.9 Å². The molecule has 250 valence electrons. The second-order valence-corrected chi connectivity index (χ2v) is 13.6. The Kier molecular flexibility index (Phi) is 13.5. The van der Waals surface area contributed by atoms with Gasteiger partial charge in [-0.15, -0.1) is 0 Å². The highest BCUT2D eigenvalue weighted by molar-refractivity contribution is 7.90. The highest BCUT2D eigenvalue weighted by Gasteiger charge is 2.33. The van der Waals surface area contributed by atoms with Crippen LogP contribution in [0.2, 0.25) is 0 Å². The number of benzene rings is 3. The maximum atomic E-state index is 11.7. The van der Waals surface area contributed by atoms with E-state index < -0.39 is 15.9 Å². The molecule has 10 nitrogen and oxygen atoms in total. The highest BCUT2D eigenvalue weighted by Crippen LogP contribution is 2.32. The molecule has 3 aromatic rings. The molecule has 1 saturated heterocycles. The van der Waals surface area contributed by atoms with Crippen molar-refractivity contribution in [2.75, 3.05) is 58.6 Å². The number of para-hydroxylation sites is 2. The van der Waals surface area contributed by atoms with Gasteiger partial charge in [0.1, 0.15) is 33.7 Å². The molecule has 2 unspecified atom stereocenters. The van der Waals surface area contributed by atoms with Gasteiger partial charge in [-0.3, -0.25) is 0 Å². The molecule has 1 aliphatic heterocycles. The monoisotopic (exact) mass is 655 g/mol. The van der Waals surface area contributed by atoms with Crippen LogP contribution in [0.4, 0.5) is 4.79 Å².